The first-order valence-corrected chi connectivity index (χ1v) is 5.87. The quantitative estimate of drug-likeness (QED) is 0.771. The summed E-state index contributed by atoms with van der Waals surface area (Å²) in [6, 6.07) is 4.24. The van der Waals surface area contributed by atoms with Crippen LogP contribution in [0.4, 0.5) is 5.82 Å². The lowest BCUT2D eigenvalue weighted by Crippen LogP contribution is -2.19. The number of aromatic nitrogens is 2. The summed E-state index contributed by atoms with van der Waals surface area (Å²) in [6.07, 6.45) is 9.09. The zero-order valence-corrected chi connectivity index (χ0v) is 9.32. The standard InChI is InChI=1S/C12H16N4/c13-8-11-7-12(15-9-14-11)16-10-5-3-1-2-4-6-10/h7,9-10H,1-6H2,(H,14,15,16). The highest BCUT2D eigenvalue weighted by Crippen LogP contribution is 2.20. The van der Waals surface area contributed by atoms with E-state index in [0.29, 0.717) is 11.7 Å². The molecule has 0 bridgehead atoms. The Balaban J connectivity index is 1.99. The number of nitrogens with zero attached hydrogens (tertiary/aromatic N) is 3. The van der Waals surface area contributed by atoms with Gasteiger partial charge in [0.2, 0.25) is 0 Å². The molecule has 0 atom stereocenters. The molecule has 1 aromatic rings. The molecule has 1 saturated carbocycles. The molecule has 4 heteroatoms. The molecule has 84 valence electrons. The van der Waals surface area contributed by atoms with Gasteiger partial charge in [-0.25, -0.2) is 9.97 Å². The lowest BCUT2D eigenvalue weighted by molar-refractivity contribution is 0.617. The molecule has 4 nitrogen and oxygen atoms in total. The highest BCUT2D eigenvalue weighted by Gasteiger charge is 2.12. The van der Waals surface area contributed by atoms with Gasteiger partial charge < -0.3 is 5.32 Å². The van der Waals surface area contributed by atoms with E-state index in [2.05, 4.69) is 15.3 Å². The van der Waals surface area contributed by atoms with Crippen molar-refractivity contribution in [3.8, 4) is 6.07 Å². The minimum absolute atomic E-state index is 0.422. The van der Waals surface area contributed by atoms with Gasteiger partial charge in [0.15, 0.2) is 0 Å². The summed E-state index contributed by atoms with van der Waals surface area (Å²) >= 11 is 0. The second kappa shape index (κ2) is 5.45. The highest BCUT2D eigenvalue weighted by molar-refractivity contribution is 5.39. The molecule has 0 saturated heterocycles. The summed E-state index contributed by atoms with van der Waals surface area (Å²) in [4.78, 5) is 8.00. The summed E-state index contributed by atoms with van der Waals surface area (Å²) in [5.74, 6) is 0.776. The van der Waals surface area contributed by atoms with Crippen LogP contribution in [0.5, 0.6) is 0 Å². The normalized spacial score (nSPS) is 17.4. The Hall–Kier alpha value is -1.63. The lowest BCUT2D eigenvalue weighted by atomic mass is 10.1. The van der Waals surface area contributed by atoms with E-state index in [-0.39, 0.29) is 0 Å². The van der Waals surface area contributed by atoms with Gasteiger partial charge in [-0.15, -0.1) is 0 Å². The van der Waals surface area contributed by atoms with Crippen LogP contribution in [0.3, 0.4) is 0 Å². The van der Waals surface area contributed by atoms with Crippen LogP contribution in [0.25, 0.3) is 0 Å². The Morgan fingerprint density at radius 2 is 1.94 bits per heavy atom. The number of hydrogen-bond acceptors (Lipinski definition) is 4. The minimum Gasteiger partial charge on any atom is -0.367 e. The van der Waals surface area contributed by atoms with Crippen molar-refractivity contribution < 1.29 is 0 Å². The monoisotopic (exact) mass is 216 g/mol. The van der Waals surface area contributed by atoms with Crippen molar-refractivity contribution in [1.29, 1.82) is 5.26 Å². The molecule has 1 fully saturated rings. The molecule has 1 aliphatic carbocycles. The number of nitriles is 1. The van der Waals surface area contributed by atoms with Gasteiger partial charge in [0.1, 0.15) is 23.9 Å². The average Bonchev–Trinajstić information content (AvgIpc) is 2.58. The van der Waals surface area contributed by atoms with Gasteiger partial charge in [-0.1, -0.05) is 25.7 Å². The zero-order valence-electron chi connectivity index (χ0n) is 9.32. The van der Waals surface area contributed by atoms with Crippen LogP contribution in [0.15, 0.2) is 12.4 Å². The van der Waals surface area contributed by atoms with Crippen LogP contribution in [0.1, 0.15) is 44.2 Å². The van der Waals surface area contributed by atoms with Crippen molar-refractivity contribution >= 4 is 5.82 Å². The molecule has 0 aromatic carbocycles. The molecule has 0 aliphatic heterocycles. The fourth-order valence-corrected chi connectivity index (χ4v) is 2.13. The molecule has 1 aliphatic rings. The summed E-state index contributed by atoms with van der Waals surface area (Å²) in [5.41, 5.74) is 0.422. The smallest absolute Gasteiger partial charge is 0.145 e. The van der Waals surface area contributed by atoms with Crippen LogP contribution in [0, 0.1) is 11.3 Å². The van der Waals surface area contributed by atoms with E-state index in [1.54, 1.807) is 6.07 Å². The lowest BCUT2D eigenvalue weighted by Gasteiger charge is -2.16. The van der Waals surface area contributed by atoms with Gasteiger partial charge in [0.25, 0.3) is 0 Å². The fourth-order valence-electron chi connectivity index (χ4n) is 2.13. The average molecular weight is 216 g/mol. The SMILES string of the molecule is N#Cc1cc(NC2CCCCCC2)ncn1. The van der Waals surface area contributed by atoms with Crippen LogP contribution in [0.2, 0.25) is 0 Å². The van der Waals surface area contributed by atoms with Crippen LogP contribution >= 0.6 is 0 Å². The maximum atomic E-state index is 8.74. The predicted octanol–water partition coefficient (Wildman–Crippen LogP) is 2.48. The number of nitrogens with one attached hydrogen (secondary N) is 1. The van der Waals surface area contributed by atoms with Gasteiger partial charge >= 0.3 is 0 Å². The topological polar surface area (TPSA) is 61.6 Å². The second-order valence-corrected chi connectivity index (χ2v) is 4.23. The van der Waals surface area contributed by atoms with Crippen LogP contribution in [-0.2, 0) is 0 Å². The Bertz CT molecular complexity index is 375. The van der Waals surface area contributed by atoms with E-state index >= 15 is 0 Å². The van der Waals surface area contributed by atoms with Crippen molar-refractivity contribution in [2.75, 3.05) is 5.32 Å². The van der Waals surface area contributed by atoms with Gasteiger partial charge in [0, 0.05) is 12.1 Å². The van der Waals surface area contributed by atoms with E-state index in [9.17, 15) is 0 Å². The molecular weight excluding hydrogens is 200 g/mol. The molecule has 2 rings (SSSR count). The highest BCUT2D eigenvalue weighted by atomic mass is 15.0. The molecule has 1 heterocycles. The molecular formula is C12H16N4. The van der Waals surface area contributed by atoms with E-state index in [0.717, 1.165) is 5.82 Å². The van der Waals surface area contributed by atoms with Crippen molar-refractivity contribution in [1.82, 2.24) is 9.97 Å². The van der Waals surface area contributed by atoms with Crippen LogP contribution in [-0.4, -0.2) is 16.0 Å². The van der Waals surface area contributed by atoms with E-state index in [1.165, 1.54) is 44.9 Å². The molecule has 16 heavy (non-hydrogen) atoms. The first-order chi connectivity index (χ1) is 7.88. The van der Waals surface area contributed by atoms with E-state index < -0.39 is 0 Å². The molecule has 0 amide bonds. The Kier molecular flexibility index (Phi) is 3.71. The largest absolute Gasteiger partial charge is 0.367 e. The van der Waals surface area contributed by atoms with Gasteiger partial charge in [0.05, 0.1) is 0 Å². The van der Waals surface area contributed by atoms with Crippen molar-refractivity contribution in [3.63, 3.8) is 0 Å². The van der Waals surface area contributed by atoms with E-state index in [1.807, 2.05) is 6.07 Å². The van der Waals surface area contributed by atoms with Crippen molar-refractivity contribution in [2.45, 2.75) is 44.6 Å². The number of rotatable bonds is 2. The Morgan fingerprint density at radius 3 is 2.62 bits per heavy atom. The summed E-state index contributed by atoms with van der Waals surface area (Å²) in [5, 5.41) is 12.1. The molecule has 1 N–H and O–H groups in total. The summed E-state index contributed by atoms with van der Waals surface area (Å²) in [6.45, 7) is 0. The third-order valence-electron chi connectivity index (χ3n) is 2.99. The Morgan fingerprint density at radius 1 is 1.19 bits per heavy atom. The molecule has 0 radical (unpaired) electrons. The molecule has 0 unspecified atom stereocenters. The minimum atomic E-state index is 0.422. The first kappa shape index (κ1) is 10.9. The third-order valence-corrected chi connectivity index (χ3v) is 2.99. The van der Waals surface area contributed by atoms with Gasteiger partial charge in [-0.05, 0) is 12.8 Å². The van der Waals surface area contributed by atoms with Crippen LogP contribution < -0.4 is 5.32 Å². The molecule has 0 spiro atoms. The zero-order chi connectivity index (χ0) is 11.2. The Labute approximate surface area is 95.7 Å². The van der Waals surface area contributed by atoms with Crippen molar-refractivity contribution in [2.24, 2.45) is 0 Å². The van der Waals surface area contributed by atoms with Gasteiger partial charge in [-0.2, -0.15) is 5.26 Å². The summed E-state index contributed by atoms with van der Waals surface area (Å²) in [7, 11) is 0. The second-order valence-electron chi connectivity index (χ2n) is 4.23. The third kappa shape index (κ3) is 2.93. The van der Waals surface area contributed by atoms with Gasteiger partial charge in [-0.3, -0.25) is 0 Å². The molecule has 1 aromatic heterocycles. The first-order valence-electron chi connectivity index (χ1n) is 5.87. The van der Waals surface area contributed by atoms with E-state index in [4.69, 9.17) is 5.26 Å². The number of hydrogen-bond donors (Lipinski definition) is 1. The number of anilines is 1. The van der Waals surface area contributed by atoms with Crippen molar-refractivity contribution in [3.05, 3.63) is 18.1 Å². The maximum absolute atomic E-state index is 8.74. The predicted molar refractivity (Wildman–Crippen MR) is 61.9 cm³/mol. The maximum Gasteiger partial charge on any atom is 0.145 e. The fraction of sp³-hybridized carbons (Fsp3) is 0.583. The summed E-state index contributed by atoms with van der Waals surface area (Å²) < 4.78 is 0.